The van der Waals surface area contributed by atoms with Crippen molar-refractivity contribution in [3.05, 3.63) is 35.7 Å². The highest BCUT2D eigenvalue weighted by Crippen LogP contribution is 2.10. The average Bonchev–Trinajstić information content (AvgIpc) is 2.81. The van der Waals surface area contributed by atoms with Crippen molar-refractivity contribution in [2.75, 3.05) is 5.32 Å². The zero-order valence-electron chi connectivity index (χ0n) is 10.1. The van der Waals surface area contributed by atoms with Crippen LogP contribution in [0.15, 0.2) is 24.3 Å². The number of H-pyrrole nitrogens is 1. The van der Waals surface area contributed by atoms with Gasteiger partial charge in [0.25, 0.3) is 0 Å². The van der Waals surface area contributed by atoms with Gasteiger partial charge in [-0.05, 0) is 31.5 Å². The number of tetrazole rings is 1. The van der Waals surface area contributed by atoms with Crippen LogP contribution < -0.4 is 10.6 Å². The molecule has 1 atom stereocenters. The number of aromatic nitrogens is 4. The molecule has 3 N–H and O–H groups in total. The van der Waals surface area contributed by atoms with Crippen molar-refractivity contribution in [3.63, 3.8) is 0 Å². The number of anilines is 1. The maximum Gasteiger partial charge on any atom is 0.319 e. The minimum absolute atomic E-state index is 0.307. The number of nitrogens with one attached hydrogen (secondary N) is 3. The van der Waals surface area contributed by atoms with E-state index in [1.54, 1.807) is 6.92 Å². The number of carbonyl (C=O) groups excluding carboxylic acids is 1. The molecule has 0 spiro atoms. The normalized spacial score (nSPS) is 11.9. The highest BCUT2D eigenvalue weighted by atomic mass is 16.2. The molecule has 2 amide bonds. The third kappa shape index (κ3) is 3.03. The molecule has 2 aromatic rings. The van der Waals surface area contributed by atoms with E-state index in [2.05, 4.69) is 31.3 Å². The van der Waals surface area contributed by atoms with Crippen molar-refractivity contribution in [3.8, 4) is 0 Å². The number of rotatable bonds is 3. The maximum atomic E-state index is 11.7. The van der Waals surface area contributed by atoms with E-state index in [9.17, 15) is 4.79 Å². The highest BCUT2D eigenvalue weighted by molar-refractivity contribution is 5.89. The van der Waals surface area contributed by atoms with Gasteiger partial charge in [0, 0.05) is 5.69 Å². The standard InChI is InChI=1S/C11H14N6O/c1-7-4-3-5-9(6-7)13-11(18)12-8(2)10-14-16-17-15-10/h3-6,8H,1-2H3,(H2,12,13,18)(H,14,15,16,17). The Bertz CT molecular complexity index is 524. The second kappa shape index (κ2) is 5.26. The zero-order valence-corrected chi connectivity index (χ0v) is 10.1. The SMILES string of the molecule is Cc1cccc(NC(=O)NC(C)c2nn[nH]n2)c1. The van der Waals surface area contributed by atoms with Gasteiger partial charge in [-0.1, -0.05) is 17.3 Å². The van der Waals surface area contributed by atoms with E-state index in [4.69, 9.17) is 0 Å². The van der Waals surface area contributed by atoms with Crippen molar-refractivity contribution in [2.45, 2.75) is 19.9 Å². The number of nitrogens with zero attached hydrogens (tertiary/aromatic N) is 3. The summed E-state index contributed by atoms with van der Waals surface area (Å²) in [5.41, 5.74) is 1.83. The first-order valence-electron chi connectivity index (χ1n) is 5.52. The molecular formula is C11H14N6O. The molecule has 1 aromatic carbocycles. The Hall–Kier alpha value is -2.44. The Balaban J connectivity index is 1.93. The first-order chi connectivity index (χ1) is 8.65. The van der Waals surface area contributed by atoms with Gasteiger partial charge in [0.05, 0.1) is 6.04 Å². The van der Waals surface area contributed by atoms with Crippen LogP contribution >= 0.6 is 0 Å². The van der Waals surface area contributed by atoms with Gasteiger partial charge in [0.15, 0.2) is 5.82 Å². The monoisotopic (exact) mass is 246 g/mol. The lowest BCUT2D eigenvalue weighted by Crippen LogP contribution is -2.31. The van der Waals surface area contributed by atoms with E-state index in [-0.39, 0.29) is 12.1 Å². The first-order valence-corrected chi connectivity index (χ1v) is 5.52. The summed E-state index contributed by atoms with van der Waals surface area (Å²) in [6.07, 6.45) is 0. The van der Waals surface area contributed by atoms with Crippen LogP contribution in [0.1, 0.15) is 24.4 Å². The van der Waals surface area contributed by atoms with Crippen LogP contribution in [0.25, 0.3) is 0 Å². The van der Waals surface area contributed by atoms with Crippen molar-refractivity contribution in [1.29, 1.82) is 0 Å². The van der Waals surface area contributed by atoms with Gasteiger partial charge in [0.1, 0.15) is 0 Å². The predicted octanol–water partition coefficient (Wildman–Crippen LogP) is 1.39. The lowest BCUT2D eigenvalue weighted by Gasteiger charge is -2.11. The van der Waals surface area contributed by atoms with Crippen molar-refractivity contribution >= 4 is 11.7 Å². The molecule has 1 aromatic heterocycles. The topological polar surface area (TPSA) is 95.6 Å². The molecule has 1 heterocycles. The fourth-order valence-electron chi connectivity index (χ4n) is 1.50. The summed E-state index contributed by atoms with van der Waals surface area (Å²) in [5.74, 6) is 0.439. The van der Waals surface area contributed by atoms with Crippen molar-refractivity contribution < 1.29 is 4.79 Å². The molecule has 7 nitrogen and oxygen atoms in total. The smallest absolute Gasteiger partial charge is 0.319 e. The number of hydrogen-bond donors (Lipinski definition) is 3. The summed E-state index contributed by atoms with van der Waals surface area (Å²) in [4.78, 5) is 11.7. The molecule has 1 unspecified atom stereocenters. The molecule has 94 valence electrons. The van der Waals surface area contributed by atoms with E-state index >= 15 is 0 Å². The Labute approximate surface area is 104 Å². The molecule has 0 radical (unpaired) electrons. The lowest BCUT2D eigenvalue weighted by atomic mass is 10.2. The van der Waals surface area contributed by atoms with Crippen molar-refractivity contribution in [2.24, 2.45) is 0 Å². The van der Waals surface area contributed by atoms with Gasteiger partial charge >= 0.3 is 6.03 Å². The molecule has 0 aliphatic rings. The van der Waals surface area contributed by atoms with Crippen LogP contribution in [0.4, 0.5) is 10.5 Å². The number of carbonyl (C=O) groups is 1. The molecule has 0 fully saturated rings. The zero-order chi connectivity index (χ0) is 13.0. The largest absolute Gasteiger partial charge is 0.328 e. The third-order valence-electron chi connectivity index (χ3n) is 2.37. The van der Waals surface area contributed by atoms with E-state index in [0.29, 0.717) is 5.82 Å². The molecule has 18 heavy (non-hydrogen) atoms. The minimum atomic E-state index is -0.312. The summed E-state index contributed by atoms with van der Waals surface area (Å²) in [5, 5.41) is 18.8. The summed E-state index contributed by atoms with van der Waals surface area (Å²) in [6.45, 7) is 3.74. The number of aryl methyl sites for hydroxylation is 1. The number of aromatic amines is 1. The summed E-state index contributed by atoms with van der Waals surface area (Å²) in [7, 11) is 0. The molecule has 0 saturated heterocycles. The van der Waals surface area contributed by atoms with E-state index in [1.165, 1.54) is 0 Å². The summed E-state index contributed by atoms with van der Waals surface area (Å²) < 4.78 is 0. The van der Waals surface area contributed by atoms with Gasteiger partial charge in [-0.25, -0.2) is 4.79 Å². The van der Waals surface area contributed by atoms with E-state index < -0.39 is 0 Å². The van der Waals surface area contributed by atoms with Crippen LogP contribution in [-0.2, 0) is 0 Å². The number of benzene rings is 1. The Morgan fingerprint density at radius 1 is 1.44 bits per heavy atom. The Morgan fingerprint density at radius 3 is 2.94 bits per heavy atom. The molecular weight excluding hydrogens is 232 g/mol. The van der Waals surface area contributed by atoms with Gasteiger partial charge < -0.3 is 10.6 Å². The first kappa shape index (κ1) is 12.0. The van der Waals surface area contributed by atoms with Gasteiger partial charge in [-0.3, -0.25) is 0 Å². The quantitative estimate of drug-likeness (QED) is 0.762. The predicted molar refractivity (Wildman–Crippen MR) is 65.9 cm³/mol. The Morgan fingerprint density at radius 2 is 2.28 bits per heavy atom. The van der Waals surface area contributed by atoms with Crippen LogP contribution in [0.3, 0.4) is 0 Å². The highest BCUT2D eigenvalue weighted by Gasteiger charge is 2.13. The van der Waals surface area contributed by atoms with Gasteiger partial charge in [0.2, 0.25) is 0 Å². The maximum absolute atomic E-state index is 11.7. The molecule has 7 heteroatoms. The number of hydrogen-bond acceptors (Lipinski definition) is 4. The fourth-order valence-corrected chi connectivity index (χ4v) is 1.50. The van der Waals surface area contributed by atoms with E-state index in [0.717, 1.165) is 11.3 Å². The molecule has 0 saturated carbocycles. The molecule has 0 aliphatic heterocycles. The third-order valence-corrected chi connectivity index (χ3v) is 2.37. The fraction of sp³-hybridized carbons (Fsp3) is 0.273. The van der Waals surface area contributed by atoms with Gasteiger partial charge in [-0.15, -0.1) is 10.2 Å². The number of urea groups is 1. The lowest BCUT2D eigenvalue weighted by molar-refractivity contribution is 0.249. The van der Waals surface area contributed by atoms with E-state index in [1.807, 2.05) is 31.2 Å². The van der Waals surface area contributed by atoms with Crippen molar-refractivity contribution in [1.82, 2.24) is 25.9 Å². The van der Waals surface area contributed by atoms with Crippen LogP contribution in [-0.4, -0.2) is 26.7 Å². The van der Waals surface area contributed by atoms with Crippen LogP contribution in [0.2, 0.25) is 0 Å². The second-order valence-corrected chi connectivity index (χ2v) is 3.96. The molecule has 0 bridgehead atoms. The van der Waals surface area contributed by atoms with Gasteiger partial charge in [-0.2, -0.15) is 5.21 Å². The summed E-state index contributed by atoms with van der Waals surface area (Å²) in [6, 6.07) is 6.94. The second-order valence-electron chi connectivity index (χ2n) is 3.96. The Kier molecular flexibility index (Phi) is 3.52. The van der Waals surface area contributed by atoms with Crippen LogP contribution in [0, 0.1) is 6.92 Å². The average molecular weight is 246 g/mol. The molecule has 0 aliphatic carbocycles. The van der Waals surface area contributed by atoms with Crippen LogP contribution in [0.5, 0.6) is 0 Å². The number of amides is 2. The minimum Gasteiger partial charge on any atom is -0.328 e. The summed E-state index contributed by atoms with van der Waals surface area (Å²) >= 11 is 0. The molecule has 2 rings (SSSR count).